The Kier molecular flexibility index (Phi) is 5.14. The number of rotatable bonds is 6. The number of nitrogens with zero attached hydrogens (tertiary/aromatic N) is 1. The number of fused-ring (bicyclic) bond motifs is 2. The van der Waals surface area contributed by atoms with Crippen molar-refractivity contribution >= 4 is 17.6 Å². The van der Waals surface area contributed by atoms with Crippen molar-refractivity contribution in [1.82, 2.24) is 10.5 Å². The third-order valence-corrected chi connectivity index (χ3v) is 6.32. The van der Waals surface area contributed by atoms with Gasteiger partial charge in [0, 0.05) is 18.0 Å². The lowest BCUT2D eigenvalue weighted by molar-refractivity contribution is -0.0494. The fourth-order valence-electron chi connectivity index (χ4n) is 4.53. The third-order valence-electron chi connectivity index (χ3n) is 6.00. The van der Waals surface area contributed by atoms with E-state index in [9.17, 15) is 13.6 Å². The molecule has 2 saturated heterocycles. The van der Waals surface area contributed by atoms with Crippen LogP contribution in [0.15, 0.2) is 22.7 Å². The summed E-state index contributed by atoms with van der Waals surface area (Å²) in [6, 6.07) is 5.11. The molecule has 1 saturated carbocycles. The molecule has 2 unspecified atom stereocenters. The highest BCUT2D eigenvalue weighted by Crippen LogP contribution is 2.47. The summed E-state index contributed by atoms with van der Waals surface area (Å²) in [6.45, 7) is -3.04. The average molecular weight is 439 g/mol. The fraction of sp³-hybridized carbons (Fsp3) is 0.524. The van der Waals surface area contributed by atoms with E-state index in [2.05, 4.69) is 15.2 Å². The van der Waals surface area contributed by atoms with Gasteiger partial charge >= 0.3 is 12.6 Å². The minimum absolute atomic E-state index is 0.0694. The summed E-state index contributed by atoms with van der Waals surface area (Å²) in [4.78, 5) is 13.2. The van der Waals surface area contributed by atoms with Crippen molar-refractivity contribution in [2.24, 2.45) is 0 Å². The van der Waals surface area contributed by atoms with Crippen molar-refractivity contribution < 1.29 is 27.6 Å². The first-order valence-electron chi connectivity index (χ1n) is 10.2. The van der Waals surface area contributed by atoms with E-state index in [1.165, 1.54) is 18.2 Å². The highest BCUT2D eigenvalue weighted by molar-refractivity contribution is 6.33. The first-order valence-corrected chi connectivity index (χ1v) is 10.6. The number of hydrogen-bond acceptors (Lipinski definition) is 6. The second kappa shape index (κ2) is 7.81. The molecular formula is C21H21ClF2N2O4. The lowest BCUT2D eigenvalue weighted by Gasteiger charge is -2.28. The number of carbonyl (C=O) groups excluding carboxylic acids is 1. The molecule has 2 atom stereocenters. The molecule has 5 rings (SSSR count). The number of nitrogens with one attached hydrogen (secondary N) is 1. The molecule has 3 fully saturated rings. The van der Waals surface area contributed by atoms with Gasteiger partial charge in [-0.25, -0.2) is 4.79 Å². The normalized spacial score (nSPS) is 25.5. The number of alkyl halides is 2. The lowest BCUT2D eigenvalue weighted by Crippen LogP contribution is -2.42. The molecular weight excluding hydrogens is 418 g/mol. The van der Waals surface area contributed by atoms with Crippen LogP contribution in [0.2, 0.25) is 5.02 Å². The van der Waals surface area contributed by atoms with Crippen LogP contribution in [0.5, 0.6) is 5.75 Å². The SMILES string of the molecule is O=C(OC1CC2CCC(C1)N2)c1c(-c2c(Cl)cccc2OC(F)F)noc1C1CC1. The Morgan fingerprint density at radius 2 is 1.93 bits per heavy atom. The monoisotopic (exact) mass is 438 g/mol. The highest BCUT2D eigenvalue weighted by atomic mass is 35.5. The topological polar surface area (TPSA) is 73.6 Å². The molecule has 1 aliphatic carbocycles. The van der Waals surface area contributed by atoms with Gasteiger partial charge in [-0.15, -0.1) is 0 Å². The fourth-order valence-corrected chi connectivity index (χ4v) is 4.79. The number of aromatic nitrogens is 1. The molecule has 6 nitrogen and oxygen atoms in total. The van der Waals surface area contributed by atoms with Gasteiger partial charge in [-0.05, 0) is 50.7 Å². The predicted octanol–water partition coefficient (Wildman–Crippen LogP) is 4.91. The molecule has 160 valence electrons. The van der Waals surface area contributed by atoms with E-state index in [0.29, 0.717) is 17.8 Å². The van der Waals surface area contributed by atoms with Crippen LogP contribution >= 0.6 is 11.6 Å². The predicted molar refractivity (Wildman–Crippen MR) is 104 cm³/mol. The summed E-state index contributed by atoms with van der Waals surface area (Å²) in [5.41, 5.74) is 0.350. The maximum absolute atomic E-state index is 13.2. The van der Waals surface area contributed by atoms with Crippen molar-refractivity contribution in [2.45, 2.75) is 69.2 Å². The van der Waals surface area contributed by atoms with Crippen LogP contribution in [0.3, 0.4) is 0 Å². The summed E-state index contributed by atoms with van der Waals surface area (Å²) in [6.07, 6.45) is 5.22. The van der Waals surface area contributed by atoms with Crippen LogP contribution in [0.4, 0.5) is 8.78 Å². The third kappa shape index (κ3) is 3.78. The standard InChI is InChI=1S/C21H21ClF2N2O4/c22-14-2-1-3-15(29-21(23)24)16(14)18-17(19(30-26-18)10-4-5-10)20(27)28-13-8-11-6-7-12(9-13)25-11/h1-3,10-13,21,25H,4-9H2. The molecule has 2 aliphatic heterocycles. The van der Waals surface area contributed by atoms with Gasteiger partial charge in [-0.1, -0.05) is 22.8 Å². The molecule has 3 heterocycles. The Labute approximate surface area is 176 Å². The molecule has 30 heavy (non-hydrogen) atoms. The summed E-state index contributed by atoms with van der Waals surface area (Å²) >= 11 is 6.30. The summed E-state index contributed by atoms with van der Waals surface area (Å²) in [7, 11) is 0. The van der Waals surface area contributed by atoms with Gasteiger partial charge in [0.15, 0.2) is 5.76 Å². The van der Waals surface area contributed by atoms with Crippen molar-refractivity contribution in [1.29, 1.82) is 0 Å². The quantitative estimate of drug-likeness (QED) is 0.646. The number of ether oxygens (including phenoxy) is 2. The van der Waals surface area contributed by atoms with Crippen LogP contribution in [0, 0.1) is 0 Å². The summed E-state index contributed by atoms with van der Waals surface area (Å²) < 4.78 is 41.8. The highest BCUT2D eigenvalue weighted by Gasteiger charge is 2.40. The Bertz CT molecular complexity index is 950. The van der Waals surface area contributed by atoms with Gasteiger partial charge in [0.25, 0.3) is 0 Å². The summed E-state index contributed by atoms with van der Waals surface area (Å²) in [5, 5.41) is 7.68. The van der Waals surface area contributed by atoms with E-state index in [4.69, 9.17) is 20.9 Å². The maximum atomic E-state index is 13.2. The molecule has 2 aromatic rings. The molecule has 0 radical (unpaired) electrons. The van der Waals surface area contributed by atoms with Gasteiger partial charge in [-0.2, -0.15) is 8.78 Å². The minimum Gasteiger partial charge on any atom is -0.459 e. The number of benzene rings is 1. The molecule has 1 aromatic carbocycles. The second-order valence-corrected chi connectivity index (χ2v) is 8.58. The van der Waals surface area contributed by atoms with Crippen molar-refractivity contribution in [3.05, 3.63) is 34.5 Å². The van der Waals surface area contributed by atoms with Gasteiger partial charge in [0.1, 0.15) is 23.1 Å². The Morgan fingerprint density at radius 1 is 1.20 bits per heavy atom. The largest absolute Gasteiger partial charge is 0.459 e. The number of hydrogen-bond donors (Lipinski definition) is 1. The lowest BCUT2D eigenvalue weighted by atomic mass is 10.0. The van der Waals surface area contributed by atoms with E-state index < -0.39 is 12.6 Å². The zero-order valence-electron chi connectivity index (χ0n) is 16.1. The summed E-state index contributed by atoms with van der Waals surface area (Å²) in [5.74, 6) is -0.223. The molecule has 1 aromatic heterocycles. The molecule has 0 spiro atoms. The first-order chi connectivity index (χ1) is 14.5. The van der Waals surface area contributed by atoms with Crippen LogP contribution in [0.1, 0.15) is 60.6 Å². The van der Waals surface area contributed by atoms with Crippen molar-refractivity contribution in [3.8, 4) is 17.0 Å². The van der Waals surface area contributed by atoms with E-state index in [1.54, 1.807) is 0 Å². The van der Waals surface area contributed by atoms with Gasteiger partial charge in [-0.3, -0.25) is 0 Å². The molecule has 3 aliphatic rings. The number of halogens is 3. The van der Waals surface area contributed by atoms with Gasteiger partial charge in [0.05, 0.1) is 10.6 Å². The molecule has 9 heteroatoms. The molecule has 2 bridgehead atoms. The first kappa shape index (κ1) is 19.8. The Morgan fingerprint density at radius 3 is 2.60 bits per heavy atom. The molecule has 0 amide bonds. The van der Waals surface area contributed by atoms with Crippen LogP contribution in [-0.2, 0) is 4.74 Å². The minimum atomic E-state index is -3.04. The zero-order chi connectivity index (χ0) is 20.8. The Balaban J connectivity index is 1.50. The van der Waals surface area contributed by atoms with Crippen molar-refractivity contribution in [3.63, 3.8) is 0 Å². The van der Waals surface area contributed by atoms with Gasteiger partial charge < -0.3 is 19.3 Å². The van der Waals surface area contributed by atoms with Crippen LogP contribution in [0.25, 0.3) is 11.3 Å². The Hall–Kier alpha value is -2.19. The van der Waals surface area contributed by atoms with Gasteiger partial charge in [0.2, 0.25) is 0 Å². The maximum Gasteiger partial charge on any atom is 0.387 e. The number of carbonyl (C=O) groups is 1. The second-order valence-electron chi connectivity index (χ2n) is 8.17. The van der Waals surface area contributed by atoms with E-state index in [-0.39, 0.29) is 39.6 Å². The number of piperidine rings is 1. The molecule has 1 N–H and O–H groups in total. The van der Waals surface area contributed by atoms with Crippen LogP contribution in [-0.4, -0.2) is 35.9 Å². The number of esters is 1. The zero-order valence-corrected chi connectivity index (χ0v) is 16.8. The van der Waals surface area contributed by atoms with E-state index >= 15 is 0 Å². The van der Waals surface area contributed by atoms with E-state index in [1.807, 2.05) is 0 Å². The smallest absolute Gasteiger partial charge is 0.387 e. The van der Waals surface area contributed by atoms with E-state index in [0.717, 1.165) is 38.5 Å². The van der Waals surface area contributed by atoms with Crippen LogP contribution < -0.4 is 10.1 Å². The average Bonchev–Trinajstić information content (AvgIpc) is 3.35. The van der Waals surface area contributed by atoms with Crippen molar-refractivity contribution in [2.75, 3.05) is 0 Å².